The van der Waals surface area contributed by atoms with Gasteiger partial charge >= 0.3 is 0 Å². The minimum atomic E-state index is -0.00670. The van der Waals surface area contributed by atoms with Crippen LogP contribution < -0.4 is 5.32 Å². The van der Waals surface area contributed by atoms with E-state index >= 15 is 0 Å². The minimum absolute atomic E-state index is 0.00670. The summed E-state index contributed by atoms with van der Waals surface area (Å²) in [4.78, 5) is 4.53. The lowest BCUT2D eigenvalue weighted by atomic mass is 10.1. The molecule has 0 radical (unpaired) electrons. The first-order chi connectivity index (χ1) is 8.37. The average Bonchev–Trinajstić information content (AvgIpc) is 2.68. The van der Waals surface area contributed by atoms with E-state index in [9.17, 15) is 0 Å². The van der Waals surface area contributed by atoms with E-state index in [4.69, 9.17) is 23.2 Å². The van der Waals surface area contributed by atoms with Gasteiger partial charge in [-0.25, -0.2) is 4.98 Å². The number of aromatic nitrogens is 1. The maximum absolute atomic E-state index is 6.18. The predicted molar refractivity (Wildman–Crippen MR) is 80.9 cm³/mol. The standard InChI is InChI=1S/C13H14Cl2N2S/c1-13(2,3)17-12-16-10(7-18-12)8-5-4-6-9(14)11(8)15/h4-7H,1-3H3,(H,16,17). The summed E-state index contributed by atoms with van der Waals surface area (Å²) in [6, 6.07) is 5.57. The van der Waals surface area contributed by atoms with Crippen LogP contribution >= 0.6 is 34.5 Å². The first-order valence-electron chi connectivity index (χ1n) is 5.55. The Hall–Kier alpha value is -0.770. The van der Waals surface area contributed by atoms with Crippen molar-refractivity contribution in [1.82, 2.24) is 4.98 Å². The van der Waals surface area contributed by atoms with Gasteiger partial charge in [-0.05, 0) is 26.8 Å². The van der Waals surface area contributed by atoms with Gasteiger partial charge in [0.15, 0.2) is 5.13 Å². The van der Waals surface area contributed by atoms with Crippen molar-refractivity contribution >= 4 is 39.7 Å². The third kappa shape index (κ3) is 3.16. The van der Waals surface area contributed by atoms with Gasteiger partial charge in [-0.15, -0.1) is 11.3 Å². The Balaban J connectivity index is 2.33. The molecule has 0 bridgehead atoms. The lowest BCUT2D eigenvalue weighted by Gasteiger charge is -2.19. The molecule has 0 unspecified atom stereocenters. The van der Waals surface area contributed by atoms with Crippen LogP contribution in [0.1, 0.15) is 20.8 Å². The lowest BCUT2D eigenvalue weighted by molar-refractivity contribution is 0.633. The smallest absolute Gasteiger partial charge is 0.183 e. The first kappa shape index (κ1) is 13.7. The maximum atomic E-state index is 6.18. The normalized spacial score (nSPS) is 11.6. The Bertz CT molecular complexity index is 558. The monoisotopic (exact) mass is 300 g/mol. The van der Waals surface area contributed by atoms with Crippen molar-refractivity contribution in [1.29, 1.82) is 0 Å². The molecule has 5 heteroatoms. The van der Waals surface area contributed by atoms with Gasteiger partial charge in [-0.1, -0.05) is 35.3 Å². The molecule has 0 spiro atoms. The van der Waals surface area contributed by atoms with E-state index in [2.05, 4.69) is 31.1 Å². The summed E-state index contributed by atoms with van der Waals surface area (Å²) < 4.78 is 0. The molecule has 2 rings (SSSR count). The summed E-state index contributed by atoms with van der Waals surface area (Å²) >= 11 is 13.7. The van der Waals surface area contributed by atoms with Crippen LogP contribution in [0.2, 0.25) is 10.0 Å². The van der Waals surface area contributed by atoms with Crippen LogP contribution in [-0.4, -0.2) is 10.5 Å². The molecule has 2 nitrogen and oxygen atoms in total. The van der Waals surface area contributed by atoms with Crippen molar-refractivity contribution < 1.29 is 0 Å². The number of nitrogens with zero attached hydrogens (tertiary/aromatic N) is 1. The van der Waals surface area contributed by atoms with Crippen molar-refractivity contribution in [3.63, 3.8) is 0 Å². The van der Waals surface area contributed by atoms with Gasteiger partial charge in [-0.2, -0.15) is 0 Å². The second-order valence-corrected chi connectivity index (χ2v) is 6.66. The summed E-state index contributed by atoms with van der Waals surface area (Å²) in [5.41, 5.74) is 1.70. The Morgan fingerprint density at radius 3 is 2.61 bits per heavy atom. The van der Waals surface area contributed by atoms with Crippen LogP contribution in [0.25, 0.3) is 11.3 Å². The molecule has 2 aromatic rings. The van der Waals surface area contributed by atoms with Crippen LogP contribution in [0.4, 0.5) is 5.13 Å². The number of halogens is 2. The Morgan fingerprint density at radius 2 is 1.94 bits per heavy atom. The van der Waals surface area contributed by atoms with Crippen molar-refractivity contribution in [2.24, 2.45) is 0 Å². The van der Waals surface area contributed by atoms with Crippen molar-refractivity contribution in [2.75, 3.05) is 5.32 Å². The highest BCUT2D eigenvalue weighted by molar-refractivity contribution is 7.14. The number of hydrogen-bond acceptors (Lipinski definition) is 3. The van der Waals surface area contributed by atoms with E-state index in [0.29, 0.717) is 10.0 Å². The van der Waals surface area contributed by atoms with Crippen molar-refractivity contribution in [3.05, 3.63) is 33.6 Å². The number of anilines is 1. The summed E-state index contributed by atoms with van der Waals surface area (Å²) in [5, 5.41) is 7.29. The van der Waals surface area contributed by atoms with Gasteiger partial charge in [0.05, 0.1) is 15.7 Å². The fraction of sp³-hybridized carbons (Fsp3) is 0.308. The topological polar surface area (TPSA) is 24.9 Å². The largest absolute Gasteiger partial charge is 0.357 e. The van der Waals surface area contributed by atoms with E-state index in [1.165, 1.54) is 0 Å². The molecule has 1 aromatic heterocycles. The molecule has 0 saturated heterocycles. The molecule has 0 atom stereocenters. The quantitative estimate of drug-likeness (QED) is 0.811. The minimum Gasteiger partial charge on any atom is -0.357 e. The predicted octanol–water partition coefficient (Wildman–Crippen LogP) is 5.33. The van der Waals surface area contributed by atoms with E-state index in [-0.39, 0.29) is 5.54 Å². The number of benzene rings is 1. The summed E-state index contributed by atoms with van der Waals surface area (Å²) in [7, 11) is 0. The highest BCUT2D eigenvalue weighted by Crippen LogP contribution is 2.35. The first-order valence-corrected chi connectivity index (χ1v) is 7.18. The van der Waals surface area contributed by atoms with Crippen LogP contribution in [0.5, 0.6) is 0 Å². The highest BCUT2D eigenvalue weighted by atomic mass is 35.5. The molecule has 0 aliphatic rings. The molecule has 1 aromatic carbocycles. The molecular formula is C13H14Cl2N2S. The highest BCUT2D eigenvalue weighted by Gasteiger charge is 2.14. The molecular weight excluding hydrogens is 287 g/mol. The van der Waals surface area contributed by atoms with Crippen LogP contribution in [0, 0.1) is 0 Å². The Kier molecular flexibility index (Phi) is 3.85. The zero-order chi connectivity index (χ0) is 13.3. The molecule has 0 fully saturated rings. The third-order valence-electron chi connectivity index (χ3n) is 2.21. The van der Waals surface area contributed by atoms with Gasteiger partial charge in [0, 0.05) is 16.5 Å². The molecule has 96 valence electrons. The van der Waals surface area contributed by atoms with Crippen molar-refractivity contribution in [3.8, 4) is 11.3 Å². The van der Waals surface area contributed by atoms with Gasteiger partial charge in [0.2, 0.25) is 0 Å². The number of nitrogens with one attached hydrogen (secondary N) is 1. The summed E-state index contributed by atoms with van der Waals surface area (Å²) in [5.74, 6) is 0. The maximum Gasteiger partial charge on any atom is 0.183 e. The fourth-order valence-electron chi connectivity index (χ4n) is 1.48. The number of rotatable bonds is 2. The van der Waals surface area contributed by atoms with E-state index in [0.717, 1.165) is 16.4 Å². The van der Waals surface area contributed by atoms with E-state index in [1.807, 2.05) is 17.5 Å². The second kappa shape index (κ2) is 5.08. The van der Waals surface area contributed by atoms with Crippen LogP contribution in [0.3, 0.4) is 0 Å². The molecule has 18 heavy (non-hydrogen) atoms. The van der Waals surface area contributed by atoms with Gasteiger partial charge in [-0.3, -0.25) is 0 Å². The Labute approximate surface area is 121 Å². The fourth-order valence-corrected chi connectivity index (χ4v) is 2.79. The molecule has 0 aliphatic carbocycles. The molecule has 1 N–H and O–H groups in total. The van der Waals surface area contributed by atoms with Crippen molar-refractivity contribution in [2.45, 2.75) is 26.3 Å². The molecule has 0 aliphatic heterocycles. The summed E-state index contributed by atoms with van der Waals surface area (Å²) in [6.45, 7) is 6.29. The van der Waals surface area contributed by atoms with E-state index < -0.39 is 0 Å². The Morgan fingerprint density at radius 1 is 1.22 bits per heavy atom. The van der Waals surface area contributed by atoms with Gasteiger partial charge in [0.1, 0.15) is 0 Å². The third-order valence-corrected chi connectivity index (χ3v) is 3.79. The second-order valence-electron chi connectivity index (χ2n) is 5.01. The zero-order valence-electron chi connectivity index (χ0n) is 10.4. The SMILES string of the molecule is CC(C)(C)Nc1nc(-c2cccc(Cl)c2Cl)cs1. The zero-order valence-corrected chi connectivity index (χ0v) is 12.7. The van der Waals surface area contributed by atoms with Crippen LogP contribution in [-0.2, 0) is 0 Å². The van der Waals surface area contributed by atoms with Gasteiger partial charge < -0.3 is 5.32 Å². The van der Waals surface area contributed by atoms with E-state index in [1.54, 1.807) is 17.4 Å². The average molecular weight is 301 g/mol. The lowest BCUT2D eigenvalue weighted by Crippen LogP contribution is -2.25. The molecule has 1 heterocycles. The molecule has 0 saturated carbocycles. The summed E-state index contributed by atoms with van der Waals surface area (Å²) in [6.07, 6.45) is 0. The van der Waals surface area contributed by atoms with Gasteiger partial charge in [0.25, 0.3) is 0 Å². The number of hydrogen-bond donors (Lipinski definition) is 1. The number of thiazole rings is 1. The van der Waals surface area contributed by atoms with Crippen LogP contribution in [0.15, 0.2) is 23.6 Å². The molecule has 0 amide bonds.